The standard InChI is InChI=1S/C22H32N2O4/c1-14(2)18-5-6-19(20(25)11-18)22(27)23-9-7-17(8-10-23)21(26)24-12-15(3)28-16(4)13-24/h5-6,11,14-17,25H,7-10,12-13H2,1-4H3/t15-,16-/m1/s1. The Labute approximate surface area is 167 Å². The van der Waals surface area contributed by atoms with Crippen LogP contribution in [0.3, 0.4) is 0 Å². The third-order valence-corrected chi connectivity index (χ3v) is 5.78. The van der Waals surface area contributed by atoms with E-state index in [4.69, 9.17) is 4.74 Å². The van der Waals surface area contributed by atoms with Gasteiger partial charge in [0.2, 0.25) is 5.91 Å². The average Bonchev–Trinajstić information content (AvgIpc) is 2.66. The minimum absolute atomic E-state index is 0.0330. The number of likely N-dealkylation sites (tertiary alicyclic amines) is 1. The SMILES string of the molecule is CC(C)c1ccc(C(=O)N2CCC(C(=O)N3C[C@@H](C)O[C@H](C)C3)CC2)c(O)c1. The molecule has 2 aliphatic heterocycles. The lowest BCUT2D eigenvalue weighted by molar-refractivity contribution is -0.148. The largest absolute Gasteiger partial charge is 0.507 e. The van der Waals surface area contributed by atoms with Crippen molar-refractivity contribution in [2.75, 3.05) is 26.2 Å². The third kappa shape index (κ3) is 4.49. The number of morpholine rings is 1. The van der Waals surface area contributed by atoms with Crippen LogP contribution in [0.5, 0.6) is 5.75 Å². The molecule has 2 amide bonds. The van der Waals surface area contributed by atoms with E-state index < -0.39 is 0 Å². The maximum Gasteiger partial charge on any atom is 0.257 e. The topological polar surface area (TPSA) is 70.1 Å². The number of rotatable bonds is 3. The van der Waals surface area contributed by atoms with Crippen molar-refractivity contribution in [3.05, 3.63) is 29.3 Å². The molecule has 0 spiro atoms. The van der Waals surface area contributed by atoms with Gasteiger partial charge in [-0.1, -0.05) is 19.9 Å². The molecule has 6 nitrogen and oxygen atoms in total. The van der Waals surface area contributed by atoms with Gasteiger partial charge in [-0.2, -0.15) is 0 Å². The zero-order valence-corrected chi connectivity index (χ0v) is 17.4. The lowest BCUT2D eigenvalue weighted by Gasteiger charge is -2.39. The van der Waals surface area contributed by atoms with Crippen LogP contribution in [0.15, 0.2) is 18.2 Å². The molecule has 0 saturated carbocycles. The highest BCUT2D eigenvalue weighted by Crippen LogP contribution is 2.27. The maximum atomic E-state index is 12.9. The summed E-state index contributed by atoms with van der Waals surface area (Å²) >= 11 is 0. The van der Waals surface area contributed by atoms with Crippen molar-refractivity contribution in [1.29, 1.82) is 0 Å². The van der Waals surface area contributed by atoms with E-state index in [2.05, 4.69) is 0 Å². The van der Waals surface area contributed by atoms with Crippen LogP contribution in [0.1, 0.15) is 62.4 Å². The Morgan fingerprint density at radius 2 is 1.68 bits per heavy atom. The smallest absolute Gasteiger partial charge is 0.257 e. The normalized spacial score (nSPS) is 23.9. The van der Waals surface area contributed by atoms with E-state index >= 15 is 0 Å². The minimum Gasteiger partial charge on any atom is -0.507 e. The molecule has 6 heteroatoms. The second-order valence-corrected chi connectivity index (χ2v) is 8.50. The van der Waals surface area contributed by atoms with Crippen LogP contribution in [0.25, 0.3) is 0 Å². The molecule has 2 aliphatic rings. The molecule has 0 aliphatic carbocycles. The zero-order valence-electron chi connectivity index (χ0n) is 17.4. The number of benzene rings is 1. The summed E-state index contributed by atoms with van der Waals surface area (Å²) in [6.45, 7) is 10.4. The highest BCUT2D eigenvalue weighted by Gasteiger charge is 2.34. The van der Waals surface area contributed by atoms with Crippen LogP contribution in [-0.4, -0.2) is 65.1 Å². The molecule has 1 aromatic carbocycles. The fourth-order valence-corrected chi connectivity index (χ4v) is 4.20. The maximum absolute atomic E-state index is 12.9. The van der Waals surface area contributed by atoms with E-state index in [0.717, 1.165) is 5.56 Å². The number of phenolic OH excluding ortho intramolecular Hbond substituents is 1. The first-order chi connectivity index (χ1) is 13.3. The molecule has 2 saturated heterocycles. The summed E-state index contributed by atoms with van der Waals surface area (Å²) in [5, 5.41) is 10.3. The number of carbonyl (C=O) groups excluding carboxylic acids is 2. The molecule has 2 heterocycles. The molecule has 3 rings (SSSR count). The Kier molecular flexibility index (Phi) is 6.28. The number of hydrogen-bond acceptors (Lipinski definition) is 4. The van der Waals surface area contributed by atoms with E-state index in [-0.39, 0.29) is 35.7 Å². The van der Waals surface area contributed by atoms with Crippen molar-refractivity contribution >= 4 is 11.8 Å². The van der Waals surface area contributed by atoms with E-state index in [0.29, 0.717) is 50.5 Å². The molecular weight excluding hydrogens is 356 g/mol. The second-order valence-electron chi connectivity index (χ2n) is 8.50. The quantitative estimate of drug-likeness (QED) is 0.864. The lowest BCUT2D eigenvalue weighted by atomic mass is 9.94. The summed E-state index contributed by atoms with van der Waals surface area (Å²) in [5.74, 6) is 0.303. The molecule has 0 unspecified atom stereocenters. The van der Waals surface area contributed by atoms with Crippen molar-refractivity contribution in [2.24, 2.45) is 5.92 Å². The highest BCUT2D eigenvalue weighted by atomic mass is 16.5. The fourth-order valence-electron chi connectivity index (χ4n) is 4.20. The number of nitrogens with zero attached hydrogens (tertiary/aromatic N) is 2. The molecule has 1 N–H and O–H groups in total. The summed E-state index contributed by atoms with van der Waals surface area (Å²) < 4.78 is 5.72. The van der Waals surface area contributed by atoms with Gasteiger partial charge in [0.25, 0.3) is 5.91 Å². The minimum atomic E-state index is -0.160. The van der Waals surface area contributed by atoms with Crippen LogP contribution >= 0.6 is 0 Å². The van der Waals surface area contributed by atoms with Crippen molar-refractivity contribution in [3.8, 4) is 5.75 Å². The molecule has 0 radical (unpaired) electrons. The number of piperidine rings is 1. The Morgan fingerprint density at radius 3 is 2.21 bits per heavy atom. The van der Waals surface area contributed by atoms with Gasteiger partial charge in [0.15, 0.2) is 0 Å². The Balaban J connectivity index is 1.59. The molecule has 28 heavy (non-hydrogen) atoms. The van der Waals surface area contributed by atoms with Crippen LogP contribution < -0.4 is 0 Å². The Hall–Kier alpha value is -2.08. The summed E-state index contributed by atoms with van der Waals surface area (Å²) in [6, 6.07) is 5.28. The number of amides is 2. The number of hydrogen-bond donors (Lipinski definition) is 1. The third-order valence-electron chi connectivity index (χ3n) is 5.78. The molecule has 2 atom stereocenters. The number of carbonyl (C=O) groups is 2. The Morgan fingerprint density at radius 1 is 1.07 bits per heavy atom. The highest BCUT2D eigenvalue weighted by molar-refractivity contribution is 5.97. The van der Waals surface area contributed by atoms with E-state index in [1.807, 2.05) is 38.7 Å². The van der Waals surface area contributed by atoms with Crippen molar-refractivity contribution in [3.63, 3.8) is 0 Å². The number of phenols is 1. The van der Waals surface area contributed by atoms with Gasteiger partial charge < -0.3 is 19.6 Å². The summed E-state index contributed by atoms with van der Waals surface area (Å²) in [5.41, 5.74) is 1.34. The first kappa shape index (κ1) is 20.6. The second kappa shape index (κ2) is 8.52. The summed E-state index contributed by atoms with van der Waals surface area (Å²) in [4.78, 5) is 29.4. The van der Waals surface area contributed by atoms with Crippen LogP contribution in [-0.2, 0) is 9.53 Å². The summed E-state index contributed by atoms with van der Waals surface area (Å²) in [7, 11) is 0. The molecule has 1 aromatic rings. The Bertz CT molecular complexity index is 715. The molecular formula is C22H32N2O4. The lowest BCUT2D eigenvalue weighted by Crippen LogP contribution is -2.51. The van der Waals surface area contributed by atoms with Gasteiger partial charge in [-0.15, -0.1) is 0 Å². The van der Waals surface area contributed by atoms with Crippen LogP contribution in [0.4, 0.5) is 0 Å². The van der Waals surface area contributed by atoms with Crippen LogP contribution in [0.2, 0.25) is 0 Å². The molecule has 2 fully saturated rings. The van der Waals surface area contributed by atoms with Gasteiger partial charge in [0.1, 0.15) is 5.75 Å². The first-order valence-electron chi connectivity index (χ1n) is 10.3. The molecule has 0 aromatic heterocycles. The van der Waals surface area contributed by atoms with Crippen molar-refractivity contribution < 1.29 is 19.4 Å². The van der Waals surface area contributed by atoms with Gasteiger partial charge in [-0.3, -0.25) is 9.59 Å². The van der Waals surface area contributed by atoms with Crippen LogP contribution in [0, 0.1) is 5.92 Å². The predicted octanol–water partition coefficient (Wildman–Crippen LogP) is 3.00. The zero-order chi connectivity index (χ0) is 20.4. The van der Waals surface area contributed by atoms with Gasteiger partial charge in [0.05, 0.1) is 17.8 Å². The van der Waals surface area contributed by atoms with Gasteiger partial charge >= 0.3 is 0 Å². The monoisotopic (exact) mass is 388 g/mol. The van der Waals surface area contributed by atoms with E-state index in [1.54, 1.807) is 17.0 Å². The van der Waals surface area contributed by atoms with Gasteiger partial charge in [0, 0.05) is 32.1 Å². The van der Waals surface area contributed by atoms with Gasteiger partial charge in [-0.25, -0.2) is 0 Å². The summed E-state index contributed by atoms with van der Waals surface area (Å²) in [6.07, 6.45) is 1.45. The average molecular weight is 389 g/mol. The first-order valence-corrected chi connectivity index (χ1v) is 10.3. The fraction of sp³-hybridized carbons (Fsp3) is 0.636. The molecule has 154 valence electrons. The van der Waals surface area contributed by atoms with E-state index in [1.165, 1.54) is 0 Å². The number of ether oxygens (including phenoxy) is 1. The van der Waals surface area contributed by atoms with Crippen molar-refractivity contribution in [1.82, 2.24) is 9.80 Å². The molecule has 0 bridgehead atoms. The van der Waals surface area contributed by atoms with Gasteiger partial charge in [-0.05, 0) is 50.3 Å². The predicted molar refractivity (Wildman–Crippen MR) is 107 cm³/mol. The van der Waals surface area contributed by atoms with Crippen molar-refractivity contribution in [2.45, 2.75) is 58.7 Å². The van der Waals surface area contributed by atoms with E-state index in [9.17, 15) is 14.7 Å². The number of aromatic hydroxyl groups is 1.